The van der Waals surface area contributed by atoms with Crippen molar-refractivity contribution in [2.75, 3.05) is 36.0 Å². The summed E-state index contributed by atoms with van der Waals surface area (Å²) in [6.45, 7) is 9.71. The molecule has 40 heavy (non-hydrogen) atoms. The highest BCUT2D eigenvalue weighted by atomic mass is 32.2. The van der Waals surface area contributed by atoms with Crippen molar-refractivity contribution in [3.8, 4) is 0 Å². The molecule has 4 N–H and O–H groups in total. The molecule has 2 aliphatic carbocycles. The Morgan fingerprint density at radius 3 is 2.48 bits per heavy atom. The monoisotopic (exact) mass is 572 g/mol. The number of aliphatic hydroxyl groups is 1. The number of hydrogen-bond donors (Lipinski definition) is 4. The summed E-state index contributed by atoms with van der Waals surface area (Å²) in [6, 6.07) is 3.97. The van der Waals surface area contributed by atoms with Gasteiger partial charge in [0.1, 0.15) is 5.03 Å². The Labute approximate surface area is 244 Å². The van der Waals surface area contributed by atoms with Gasteiger partial charge in [0.05, 0.1) is 11.8 Å². The molecular formula is C31H49FN6OS. The average Bonchev–Trinajstić information content (AvgIpc) is 2.94. The van der Waals surface area contributed by atoms with E-state index < -0.39 is 11.4 Å². The van der Waals surface area contributed by atoms with Crippen molar-refractivity contribution in [2.24, 2.45) is 23.7 Å². The van der Waals surface area contributed by atoms with E-state index in [0.29, 0.717) is 30.2 Å². The molecule has 0 bridgehead atoms. The van der Waals surface area contributed by atoms with Crippen molar-refractivity contribution in [2.45, 2.75) is 95.7 Å². The van der Waals surface area contributed by atoms with Gasteiger partial charge in [-0.1, -0.05) is 32.8 Å². The molecule has 2 saturated carbocycles. The predicted molar refractivity (Wildman–Crippen MR) is 163 cm³/mol. The minimum absolute atomic E-state index is 0.271. The molecule has 7 nitrogen and oxygen atoms in total. The highest BCUT2D eigenvalue weighted by Gasteiger charge is 2.30. The van der Waals surface area contributed by atoms with Crippen LogP contribution in [0.1, 0.15) is 84.1 Å². The smallest absolute Gasteiger partial charge is 0.225 e. The lowest BCUT2D eigenvalue weighted by Crippen LogP contribution is -2.37. The third-order valence-electron chi connectivity index (χ3n) is 8.62. The van der Waals surface area contributed by atoms with Gasteiger partial charge in [-0.3, -0.25) is 0 Å². The van der Waals surface area contributed by atoms with E-state index in [1.54, 1.807) is 18.0 Å². The SMILES string of the molecule is CCCC1C[C@@H](CNCC2CCC(C)(O)CC2)C[C@H](CNc2nc(NCc3cccnc3SCC)ncc2F)C1. The van der Waals surface area contributed by atoms with Crippen molar-refractivity contribution in [1.82, 2.24) is 20.3 Å². The maximum Gasteiger partial charge on any atom is 0.225 e. The van der Waals surface area contributed by atoms with Gasteiger partial charge in [-0.25, -0.2) is 14.4 Å². The number of anilines is 2. The Kier molecular flexibility index (Phi) is 11.9. The Hall–Kier alpha value is -1.97. The zero-order chi connectivity index (χ0) is 28.4. The van der Waals surface area contributed by atoms with E-state index in [2.05, 4.69) is 44.7 Å². The van der Waals surface area contributed by atoms with E-state index >= 15 is 0 Å². The number of nitrogens with one attached hydrogen (secondary N) is 3. The van der Waals surface area contributed by atoms with Crippen molar-refractivity contribution >= 4 is 23.5 Å². The van der Waals surface area contributed by atoms with Crippen LogP contribution >= 0.6 is 11.8 Å². The fraction of sp³-hybridized carbons (Fsp3) is 0.710. The van der Waals surface area contributed by atoms with Crippen LogP contribution in [0.15, 0.2) is 29.6 Å². The molecule has 0 spiro atoms. The molecule has 3 atom stereocenters. The molecule has 0 saturated heterocycles. The zero-order valence-corrected chi connectivity index (χ0v) is 25.4. The van der Waals surface area contributed by atoms with E-state index in [-0.39, 0.29) is 5.82 Å². The molecule has 222 valence electrons. The van der Waals surface area contributed by atoms with Crippen LogP contribution < -0.4 is 16.0 Å². The highest BCUT2D eigenvalue weighted by molar-refractivity contribution is 7.99. The second kappa shape index (κ2) is 15.3. The van der Waals surface area contributed by atoms with Gasteiger partial charge in [0, 0.05) is 24.8 Å². The number of nitrogens with zero attached hydrogens (tertiary/aromatic N) is 3. The van der Waals surface area contributed by atoms with Crippen LogP contribution in [-0.4, -0.2) is 51.0 Å². The number of thioether (sulfide) groups is 1. The molecule has 0 radical (unpaired) electrons. The van der Waals surface area contributed by atoms with Crippen molar-refractivity contribution in [3.05, 3.63) is 35.9 Å². The number of halogens is 1. The largest absolute Gasteiger partial charge is 0.390 e. The van der Waals surface area contributed by atoms with Gasteiger partial charge in [-0.05, 0) is 100 Å². The van der Waals surface area contributed by atoms with Gasteiger partial charge in [0.15, 0.2) is 11.6 Å². The number of pyridine rings is 1. The summed E-state index contributed by atoms with van der Waals surface area (Å²) in [7, 11) is 0. The van der Waals surface area contributed by atoms with Gasteiger partial charge in [0.25, 0.3) is 0 Å². The lowest BCUT2D eigenvalue weighted by Gasteiger charge is -2.36. The number of rotatable bonds is 14. The summed E-state index contributed by atoms with van der Waals surface area (Å²) in [5.74, 6) is 3.76. The molecule has 0 aliphatic heterocycles. The van der Waals surface area contributed by atoms with Crippen molar-refractivity contribution in [1.29, 1.82) is 0 Å². The zero-order valence-electron chi connectivity index (χ0n) is 24.6. The molecule has 2 fully saturated rings. The molecule has 2 heterocycles. The highest BCUT2D eigenvalue weighted by Crippen LogP contribution is 2.36. The third kappa shape index (κ3) is 9.55. The molecular weight excluding hydrogens is 523 g/mol. The van der Waals surface area contributed by atoms with Crippen LogP contribution in [0.4, 0.5) is 16.2 Å². The second-order valence-electron chi connectivity index (χ2n) is 12.2. The minimum atomic E-state index is -0.468. The predicted octanol–water partition coefficient (Wildman–Crippen LogP) is 6.51. The van der Waals surface area contributed by atoms with E-state index in [9.17, 15) is 9.50 Å². The standard InChI is InChI=1S/C31H49FN6OS/c1-4-7-23-14-24(18-33-17-22-9-11-31(3,39)12-10-22)16-25(15-23)19-35-28-27(32)21-37-30(38-28)36-20-26-8-6-13-34-29(26)40-5-2/h6,8,13,21-25,33,39H,4-5,7,9-12,14-20H2,1-3H3,(H2,35,36,37,38)/t22?,23?,24-,25-,31?/m1/s1. The molecule has 9 heteroatoms. The first-order valence-electron chi connectivity index (χ1n) is 15.3. The first-order valence-corrected chi connectivity index (χ1v) is 16.3. The topological polar surface area (TPSA) is 95.0 Å². The van der Waals surface area contributed by atoms with Gasteiger partial charge >= 0.3 is 0 Å². The van der Waals surface area contributed by atoms with E-state index in [4.69, 9.17) is 0 Å². The summed E-state index contributed by atoms with van der Waals surface area (Å²) < 4.78 is 14.7. The second-order valence-corrected chi connectivity index (χ2v) is 13.5. The fourth-order valence-electron chi connectivity index (χ4n) is 6.49. The van der Waals surface area contributed by atoms with Crippen LogP contribution in [0.5, 0.6) is 0 Å². The molecule has 2 aliphatic rings. The Morgan fingerprint density at radius 1 is 1.00 bits per heavy atom. The van der Waals surface area contributed by atoms with Crippen LogP contribution in [0.2, 0.25) is 0 Å². The lowest BCUT2D eigenvalue weighted by molar-refractivity contribution is 0.00799. The van der Waals surface area contributed by atoms with Crippen LogP contribution in [-0.2, 0) is 6.54 Å². The number of hydrogen-bond acceptors (Lipinski definition) is 8. The minimum Gasteiger partial charge on any atom is -0.390 e. The summed E-state index contributed by atoms with van der Waals surface area (Å²) in [4.78, 5) is 13.1. The average molecular weight is 573 g/mol. The van der Waals surface area contributed by atoms with Crippen LogP contribution in [0, 0.1) is 29.5 Å². The van der Waals surface area contributed by atoms with E-state index in [1.807, 2.05) is 19.1 Å². The summed E-state index contributed by atoms with van der Waals surface area (Å²) in [6.07, 6.45) is 13.2. The van der Waals surface area contributed by atoms with Crippen molar-refractivity contribution in [3.63, 3.8) is 0 Å². The Morgan fingerprint density at radius 2 is 1.73 bits per heavy atom. The molecule has 0 aromatic carbocycles. The quantitative estimate of drug-likeness (QED) is 0.190. The third-order valence-corrected chi connectivity index (χ3v) is 9.55. The first kappa shape index (κ1) is 31.0. The maximum absolute atomic E-state index is 14.7. The van der Waals surface area contributed by atoms with Crippen LogP contribution in [0.3, 0.4) is 0 Å². The molecule has 1 unspecified atom stereocenters. The molecule has 0 amide bonds. The molecule has 2 aromatic heterocycles. The Bertz CT molecular complexity index is 1050. The van der Waals surface area contributed by atoms with E-state index in [1.165, 1.54) is 31.9 Å². The Balaban J connectivity index is 1.28. The summed E-state index contributed by atoms with van der Waals surface area (Å²) >= 11 is 1.70. The first-order chi connectivity index (χ1) is 19.3. The van der Waals surface area contributed by atoms with Gasteiger partial charge < -0.3 is 21.1 Å². The van der Waals surface area contributed by atoms with Crippen LogP contribution in [0.25, 0.3) is 0 Å². The van der Waals surface area contributed by atoms with Gasteiger partial charge in [-0.2, -0.15) is 4.98 Å². The number of aromatic nitrogens is 3. The summed E-state index contributed by atoms with van der Waals surface area (Å²) in [5.41, 5.74) is 0.611. The van der Waals surface area contributed by atoms with Gasteiger partial charge in [0.2, 0.25) is 5.95 Å². The lowest BCUT2D eigenvalue weighted by atomic mass is 9.73. The molecule has 2 aromatic rings. The maximum atomic E-state index is 14.7. The van der Waals surface area contributed by atoms with Crippen molar-refractivity contribution < 1.29 is 9.50 Å². The van der Waals surface area contributed by atoms with Gasteiger partial charge in [-0.15, -0.1) is 11.8 Å². The molecule has 4 rings (SSSR count). The summed E-state index contributed by atoms with van der Waals surface area (Å²) in [5, 5.41) is 21.6. The normalized spacial score (nSPS) is 26.9. The fourth-order valence-corrected chi connectivity index (χ4v) is 7.23. The van der Waals surface area contributed by atoms with E-state index in [0.717, 1.165) is 74.0 Å².